The molecule has 0 saturated carbocycles. The Morgan fingerprint density at radius 3 is 2.69 bits per heavy atom. The van der Waals surface area contributed by atoms with Crippen LogP contribution < -0.4 is 9.64 Å². The number of para-hydroxylation sites is 2. The first-order valence-electron chi connectivity index (χ1n) is 10.1. The number of aryl methyl sites for hydroxylation is 1. The van der Waals surface area contributed by atoms with Gasteiger partial charge in [0.15, 0.2) is 0 Å². The summed E-state index contributed by atoms with van der Waals surface area (Å²) in [6, 6.07) is 20.9. The van der Waals surface area contributed by atoms with E-state index in [1.54, 1.807) is 0 Å². The number of nitrogens with zero attached hydrogens (tertiary/aromatic N) is 4. The zero-order chi connectivity index (χ0) is 19.5. The minimum atomic E-state index is 0.250. The number of anilines is 1. The molecular formula is C24H22N4O. The summed E-state index contributed by atoms with van der Waals surface area (Å²) in [5.74, 6) is 2.58. The highest BCUT2D eigenvalue weighted by molar-refractivity contribution is 5.83. The van der Waals surface area contributed by atoms with E-state index < -0.39 is 0 Å². The van der Waals surface area contributed by atoms with Crippen molar-refractivity contribution >= 4 is 16.7 Å². The van der Waals surface area contributed by atoms with Crippen molar-refractivity contribution in [3.8, 4) is 11.6 Å². The van der Waals surface area contributed by atoms with E-state index >= 15 is 0 Å². The van der Waals surface area contributed by atoms with Crippen molar-refractivity contribution in [3.63, 3.8) is 0 Å². The van der Waals surface area contributed by atoms with Crippen molar-refractivity contribution < 1.29 is 4.74 Å². The molecule has 6 rings (SSSR count). The third-order valence-corrected chi connectivity index (χ3v) is 6.22. The van der Waals surface area contributed by atoms with Crippen LogP contribution in [0.4, 0.5) is 5.82 Å². The van der Waals surface area contributed by atoms with Gasteiger partial charge in [0.25, 0.3) is 0 Å². The molecule has 144 valence electrons. The molecule has 5 nitrogen and oxygen atoms in total. The van der Waals surface area contributed by atoms with Crippen LogP contribution in [-0.4, -0.2) is 35.0 Å². The molecule has 2 atom stereocenters. The van der Waals surface area contributed by atoms with Gasteiger partial charge in [-0.15, -0.1) is 0 Å². The Kier molecular flexibility index (Phi) is 3.48. The van der Waals surface area contributed by atoms with E-state index in [-0.39, 0.29) is 5.92 Å². The fourth-order valence-corrected chi connectivity index (χ4v) is 4.94. The van der Waals surface area contributed by atoms with Crippen LogP contribution in [0.1, 0.15) is 22.7 Å². The van der Waals surface area contributed by atoms with Gasteiger partial charge in [-0.2, -0.15) is 5.10 Å². The van der Waals surface area contributed by atoms with Gasteiger partial charge in [0, 0.05) is 41.9 Å². The molecule has 5 heteroatoms. The van der Waals surface area contributed by atoms with Crippen molar-refractivity contribution in [1.82, 2.24) is 14.8 Å². The van der Waals surface area contributed by atoms with E-state index in [0.29, 0.717) is 12.5 Å². The lowest BCUT2D eigenvalue weighted by molar-refractivity contribution is 0.193. The van der Waals surface area contributed by atoms with Crippen molar-refractivity contribution in [3.05, 3.63) is 77.5 Å². The van der Waals surface area contributed by atoms with Crippen LogP contribution in [0.3, 0.4) is 0 Å². The highest BCUT2D eigenvalue weighted by atomic mass is 16.5. The summed E-state index contributed by atoms with van der Waals surface area (Å²) >= 11 is 0. The van der Waals surface area contributed by atoms with Crippen LogP contribution in [-0.2, 0) is 0 Å². The second-order valence-corrected chi connectivity index (χ2v) is 8.07. The van der Waals surface area contributed by atoms with E-state index in [9.17, 15) is 0 Å². The average molecular weight is 382 g/mol. The maximum atomic E-state index is 6.30. The summed E-state index contributed by atoms with van der Waals surface area (Å²) in [6.45, 7) is 3.71. The Labute approximate surface area is 169 Å². The highest BCUT2D eigenvalue weighted by Crippen LogP contribution is 2.49. The maximum absolute atomic E-state index is 6.30. The Hall–Kier alpha value is -3.34. The van der Waals surface area contributed by atoms with E-state index in [4.69, 9.17) is 14.8 Å². The number of rotatable bonds is 1. The zero-order valence-electron chi connectivity index (χ0n) is 16.5. The number of pyridine rings is 1. The minimum absolute atomic E-state index is 0.250. The van der Waals surface area contributed by atoms with Crippen LogP contribution in [0.15, 0.2) is 60.7 Å². The van der Waals surface area contributed by atoms with Gasteiger partial charge >= 0.3 is 0 Å². The summed E-state index contributed by atoms with van der Waals surface area (Å²) in [5, 5.41) is 6.05. The Morgan fingerprint density at radius 2 is 1.83 bits per heavy atom. The standard InChI is InChI=1S/C24H22N4O/c1-15-21-22-17(14-29-24(21)28(26-15)18-9-4-3-5-10-18)13-27(2)23-19(22)12-16-8-6-7-11-20(16)25-23/h3-12,17,22H,13-14H2,1-2H3/t17-,22+/m1/s1. The topological polar surface area (TPSA) is 43.2 Å². The van der Waals surface area contributed by atoms with Gasteiger partial charge in [0.2, 0.25) is 5.88 Å². The molecule has 0 spiro atoms. The number of ether oxygens (including phenoxy) is 1. The van der Waals surface area contributed by atoms with Crippen LogP contribution >= 0.6 is 0 Å². The van der Waals surface area contributed by atoms with Gasteiger partial charge in [0.1, 0.15) is 5.82 Å². The van der Waals surface area contributed by atoms with E-state index in [1.165, 1.54) is 16.5 Å². The normalized spacial score (nSPS) is 20.0. The Bertz CT molecular complexity index is 1230. The molecular weight excluding hydrogens is 360 g/mol. The lowest BCUT2D eigenvalue weighted by Gasteiger charge is -2.41. The summed E-state index contributed by atoms with van der Waals surface area (Å²) < 4.78 is 8.26. The van der Waals surface area contributed by atoms with Crippen molar-refractivity contribution in [2.75, 3.05) is 25.1 Å². The second kappa shape index (κ2) is 6.08. The molecule has 2 aromatic heterocycles. The molecule has 0 unspecified atom stereocenters. The fraction of sp³-hybridized carbons (Fsp3) is 0.250. The van der Waals surface area contributed by atoms with E-state index in [2.05, 4.69) is 55.3 Å². The van der Waals surface area contributed by atoms with Crippen LogP contribution in [0.5, 0.6) is 5.88 Å². The molecule has 0 amide bonds. The van der Waals surface area contributed by atoms with Crippen LogP contribution in [0.2, 0.25) is 0 Å². The second-order valence-electron chi connectivity index (χ2n) is 8.07. The molecule has 2 aromatic carbocycles. The minimum Gasteiger partial charge on any atom is -0.477 e. The molecule has 0 aliphatic carbocycles. The number of hydrogen-bond donors (Lipinski definition) is 0. The lowest BCUT2D eigenvalue weighted by Crippen LogP contribution is -2.41. The first-order valence-corrected chi connectivity index (χ1v) is 10.1. The van der Waals surface area contributed by atoms with Crippen molar-refractivity contribution in [1.29, 1.82) is 0 Å². The molecule has 0 fully saturated rings. The van der Waals surface area contributed by atoms with Crippen LogP contribution in [0, 0.1) is 12.8 Å². The number of hydrogen-bond acceptors (Lipinski definition) is 4. The molecule has 0 N–H and O–H groups in total. The number of benzene rings is 2. The van der Waals surface area contributed by atoms with Gasteiger partial charge in [-0.1, -0.05) is 36.4 Å². The van der Waals surface area contributed by atoms with Crippen LogP contribution in [0.25, 0.3) is 16.6 Å². The summed E-state index contributed by atoms with van der Waals surface area (Å²) in [5.41, 5.74) is 5.59. The fourth-order valence-electron chi connectivity index (χ4n) is 4.94. The first kappa shape index (κ1) is 16.6. The molecule has 0 radical (unpaired) electrons. The Morgan fingerprint density at radius 1 is 1.03 bits per heavy atom. The first-order chi connectivity index (χ1) is 14.2. The SMILES string of the molecule is Cc1nn(-c2ccccc2)c2c1[C@@H]1c3cc4ccccc4nc3N(C)C[C@@H]1CO2. The van der Waals surface area contributed by atoms with Gasteiger partial charge in [-0.25, -0.2) is 9.67 Å². The molecule has 2 aliphatic rings. The van der Waals surface area contributed by atoms with Crippen molar-refractivity contribution in [2.45, 2.75) is 12.8 Å². The molecule has 4 heterocycles. The molecule has 4 aromatic rings. The third-order valence-electron chi connectivity index (χ3n) is 6.22. The maximum Gasteiger partial charge on any atom is 0.220 e. The molecule has 0 saturated heterocycles. The van der Waals surface area contributed by atoms with Gasteiger partial charge in [0.05, 0.1) is 23.5 Å². The van der Waals surface area contributed by atoms with E-state index in [1.807, 2.05) is 28.9 Å². The largest absolute Gasteiger partial charge is 0.477 e. The van der Waals surface area contributed by atoms with Crippen molar-refractivity contribution in [2.24, 2.45) is 5.92 Å². The Balaban J connectivity index is 1.58. The predicted octanol–water partition coefficient (Wildman–Crippen LogP) is 4.32. The summed E-state index contributed by atoms with van der Waals surface area (Å²) in [7, 11) is 2.13. The number of aromatic nitrogens is 3. The van der Waals surface area contributed by atoms with E-state index in [0.717, 1.165) is 35.1 Å². The summed E-state index contributed by atoms with van der Waals surface area (Å²) in [4.78, 5) is 7.29. The van der Waals surface area contributed by atoms with Gasteiger partial charge in [-0.05, 0) is 31.2 Å². The lowest BCUT2D eigenvalue weighted by atomic mass is 9.77. The quantitative estimate of drug-likeness (QED) is 0.492. The average Bonchev–Trinajstić information content (AvgIpc) is 3.10. The summed E-state index contributed by atoms with van der Waals surface area (Å²) in [6.07, 6.45) is 0. The molecule has 0 bridgehead atoms. The third kappa shape index (κ3) is 2.40. The monoisotopic (exact) mass is 382 g/mol. The highest BCUT2D eigenvalue weighted by Gasteiger charge is 2.42. The smallest absolute Gasteiger partial charge is 0.220 e. The molecule has 29 heavy (non-hydrogen) atoms. The predicted molar refractivity (Wildman–Crippen MR) is 114 cm³/mol. The molecule has 2 aliphatic heterocycles. The van der Waals surface area contributed by atoms with Gasteiger partial charge in [-0.3, -0.25) is 0 Å². The number of fused-ring (bicyclic) bond motifs is 6. The zero-order valence-corrected chi connectivity index (χ0v) is 16.5. The van der Waals surface area contributed by atoms with Gasteiger partial charge < -0.3 is 9.64 Å².